The van der Waals surface area contributed by atoms with E-state index in [2.05, 4.69) is 16.9 Å². The highest BCUT2D eigenvalue weighted by molar-refractivity contribution is 5.69. The van der Waals surface area contributed by atoms with Gasteiger partial charge >= 0.3 is 5.97 Å². The molecule has 3 atom stereocenters. The maximum absolute atomic E-state index is 11.5. The first kappa shape index (κ1) is 19.5. The number of hydrogen-bond donors (Lipinski definition) is 0. The van der Waals surface area contributed by atoms with E-state index in [-0.39, 0.29) is 30.6 Å². The predicted octanol–water partition coefficient (Wildman–Crippen LogP) is 3.74. The Hall–Kier alpha value is -1.56. The third-order valence-electron chi connectivity index (χ3n) is 3.70. The zero-order valence-corrected chi connectivity index (χ0v) is 14.4. The molecule has 0 aromatic heterocycles. The molecule has 1 aliphatic rings. The molecule has 1 unspecified atom stereocenters. The zero-order valence-electron chi connectivity index (χ0n) is 14.4. The van der Waals surface area contributed by atoms with Crippen LogP contribution in [0.5, 0.6) is 0 Å². The molecule has 1 fully saturated rings. The van der Waals surface area contributed by atoms with Gasteiger partial charge in [-0.3, -0.25) is 4.79 Å². The summed E-state index contributed by atoms with van der Waals surface area (Å²) < 4.78 is 16.3. The van der Waals surface area contributed by atoms with Crippen molar-refractivity contribution in [1.29, 1.82) is 0 Å². The van der Waals surface area contributed by atoms with Crippen molar-refractivity contribution in [1.82, 2.24) is 0 Å². The molecule has 0 amide bonds. The Labute approximate surface area is 137 Å². The lowest BCUT2D eigenvalue weighted by atomic mass is 9.97. The largest absolute Gasteiger partial charge is 0.469 e. The first-order valence-electron chi connectivity index (χ1n) is 8.03. The van der Waals surface area contributed by atoms with Crippen LogP contribution in [0.15, 0.2) is 17.3 Å². The minimum Gasteiger partial charge on any atom is -0.469 e. The highest BCUT2D eigenvalue weighted by Gasteiger charge is 2.39. The van der Waals surface area contributed by atoms with E-state index in [1.54, 1.807) is 0 Å². The molecule has 0 radical (unpaired) electrons. The summed E-state index contributed by atoms with van der Waals surface area (Å²) in [7, 11) is 1.40. The van der Waals surface area contributed by atoms with Crippen LogP contribution in [0.3, 0.4) is 0 Å². The van der Waals surface area contributed by atoms with Crippen molar-refractivity contribution < 1.29 is 19.0 Å². The van der Waals surface area contributed by atoms with Crippen LogP contribution in [0, 0.1) is 5.92 Å². The number of allylic oxidation sites excluding steroid dienone is 1. The van der Waals surface area contributed by atoms with E-state index < -0.39 is 5.79 Å². The fraction of sp³-hybridized carbons (Fsp3) is 0.812. The van der Waals surface area contributed by atoms with E-state index in [9.17, 15) is 4.79 Å². The predicted molar refractivity (Wildman–Crippen MR) is 86.6 cm³/mol. The number of carbonyl (C=O) groups is 1. The number of esters is 1. The van der Waals surface area contributed by atoms with Crippen molar-refractivity contribution in [3.8, 4) is 0 Å². The fourth-order valence-electron chi connectivity index (χ4n) is 2.58. The molecular weight excluding hydrogens is 298 g/mol. The van der Waals surface area contributed by atoms with E-state index >= 15 is 0 Å². The van der Waals surface area contributed by atoms with Crippen LogP contribution >= 0.6 is 0 Å². The van der Waals surface area contributed by atoms with Crippen LogP contribution in [0.25, 0.3) is 10.4 Å². The summed E-state index contributed by atoms with van der Waals surface area (Å²) >= 11 is 0. The standard InChI is InChI=1S/C16H27N3O4/c1-5-6-7-12(10-15(20)21-4)8-9-13-14(11-18-19-17)23-16(2,3)22-13/h8-9,12-14H,5-7,10-11H2,1-4H3/b9-8+/t12-,13-,14?/m0/s1. The Kier molecular flexibility index (Phi) is 8.09. The SMILES string of the molecule is CCCC[C@@H](/C=C/[C@@H]1OC(C)(C)OC1CN=[N+]=[N-])CC(=O)OC. The van der Waals surface area contributed by atoms with Crippen LogP contribution in [-0.2, 0) is 19.0 Å². The molecule has 0 bridgehead atoms. The summed E-state index contributed by atoms with van der Waals surface area (Å²) in [4.78, 5) is 14.3. The first-order valence-corrected chi connectivity index (χ1v) is 8.03. The summed E-state index contributed by atoms with van der Waals surface area (Å²) in [6.45, 7) is 5.98. The van der Waals surface area contributed by atoms with Gasteiger partial charge < -0.3 is 14.2 Å². The summed E-state index contributed by atoms with van der Waals surface area (Å²) in [6.07, 6.45) is 6.67. The Balaban J connectivity index is 2.74. The lowest BCUT2D eigenvalue weighted by Gasteiger charge is -2.16. The van der Waals surface area contributed by atoms with Crippen LogP contribution in [-0.4, -0.2) is 37.6 Å². The summed E-state index contributed by atoms with van der Waals surface area (Å²) in [6, 6.07) is 0. The van der Waals surface area contributed by atoms with Crippen molar-refractivity contribution in [2.45, 2.75) is 64.4 Å². The molecule has 7 nitrogen and oxygen atoms in total. The average Bonchev–Trinajstić information content (AvgIpc) is 2.81. The van der Waals surface area contributed by atoms with Crippen LogP contribution < -0.4 is 0 Å². The van der Waals surface area contributed by atoms with Crippen molar-refractivity contribution >= 4 is 5.97 Å². The monoisotopic (exact) mass is 325 g/mol. The molecule has 1 aliphatic heterocycles. The van der Waals surface area contributed by atoms with Crippen LogP contribution in [0.2, 0.25) is 0 Å². The Morgan fingerprint density at radius 1 is 1.48 bits per heavy atom. The van der Waals surface area contributed by atoms with Gasteiger partial charge in [-0.15, -0.1) is 0 Å². The van der Waals surface area contributed by atoms with Crippen LogP contribution in [0.4, 0.5) is 0 Å². The minimum atomic E-state index is -0.716. The van der Waals surface area contributed by atoms with E-state index in [4.69, 9.17) is 19.7 Å². The number of unbranched alkanes of at least 4 members (excludes halogenated alkanes) is 1. The van der Waals surface area contributed by atoms with E-state index in [1.165, 1.54) is 7.11 Å². The van der Waals surface area contributed by atoms with Gasteiger partial charge in [0.05, 0.1) is 26.2 Å². The summed E-state index contributed by atoms with van der Waals surface area (Å²) in [5, 5.41) is 3.58. The lowest BCUT2D eigenvalue weighted by Crippen LogP contribution is -2.24. The van der Waals surface area contributed by atoms with Gasteiger partial charge in [-0.2, -0.15) is 0 Å². The Morgan fingerprint density at radius 2 is 2.22 bits per heavy atom. The smallest absolute Gasteiger partial charge is 0.306 e. The van der Waals surface area contributed by atoms with Crippen molar-refractivity contribution in [3.63, 3.8) is 0 Å². The molecule has 130 valence electrons. The van der Waals surface area contributed by atoms with Gasteiger partial charge in [0.25, 0.3) is 0 Å². The van der Waals surface area contributed by atoms with Crippen molar-refractivity contribution in [2.24, 2.45) is 11.0 Å². The average molecular weight is 325 g/mol. The molecule has 0 saturated carbocycles. The maximum atomic E-state index is 11.5. The molecule has 1 saturated heterocycles. The van der Waals surface area contributed by atoms with Crippen molar-refractivity contribution in [3.05, 3.63) is 22.6 Å². The number of carbonyl (C=O) groups excluding carboxylic acids is 1. The van der Waals surface area contributed by atoms with E-state index in [0.717, 1.165) is 19.3 Å². The molecule has 0 aromatic rings. The van der Waals surface area contributed by atoms with Gasteiger partial charge in [-0.1, -0.05) is 37.0 Å². The molecule has 7 heteroatoms. The van der Waals surface area contributed by atoms with Gasteiger partial charge in [-0.05, 0) is 31.7 Å². The highest BCUT2D eigenvalue weighted by atomic mass is 16.7. The number of methoxy groups -OCH3 is 1. The third-order valence-corrected chi connectivity index (χ3v) is 3.70. The van der Waals surface area contributed by atoms with Gasteiger partial charge in [0, 0.05) is 4.91 Å². The molecule has 1 heterocycles. The normalized spacial score (nSPS) is 24.3. The quantitative estimate of drug-likeness (QED) is 0.212. The van der Waals surface area contributed by atoms with Gasteiger partial charge in [-0.25, -0.2) is 0 Å². The first-order chi connectivity index (χ1) is 10.9. The lowest BCUT2D eigenvalue weighted by molar-refractivity contribution is -0.142. The number of nitrogens with zero attached hydrogens (tertiary/aromatic N) is 3. The molecule has 0 spiro atoms. The molecule has 0 aromatic carbocycles. The number of azide groups is 1. The second-order valence-electron chi connectivity index (χ2n) is 6.12. The second kappa shape index (κ2) is 9.55. The van der Waals surface area contributed by atoms with Gasteiger partial charge in [0.2, 0.25) is 0 Å². The second-order valence-corrected chi connectivity index (χ2v) is 6.12. The van der Waals surface area contributed by atoms with E-state index in [0.29, 0.717) is 6.42 Å². The Morgan fingerprint density at radius 3 is 2.83 bits per heavy atom. The molecular formula is C16H27N3O4. The Bertz CT molecular complexity index is 458. The fourth-order valence-corrected chi connectivity index (χ4v) is 2.58. The van der Waals surface area contributed by atoms with Gasteiger partial charge in [0.15, 0.2) is 5.79 Å². The number of ether oxygens (including phenoxy) is 3. The minimum absolute atomic E-state index is 0.106. The van der Waals surface area contributed by atoms with Gasteiger partial charge in [0.1, 0.15) is 6.10 Å². The molecule has 23 heavy (non-hydrogen) atoms. The summed E-state index contributed by atoms with van der Waals surface area (Å²) in [5.41, 5.74) is 8.48. The molecule has 1 rings (SSSR count). The number of hydrogen-bond acceptors (Lipinski definition) is 5. The molecule has 0 N–H and O–H groups in total. The topological polar surface area (TPSA) is 93.5 Å². The third kappa shape index (κ3) is 7.03. The highest BCUT2D eigenvalue weighted by Crippen LogP contribution is 2.30. The van der Waals surface area contributed by atoms with Crippen LogP contribution in [0.1, 0.15) is 46.5 Å². The maximum Gasteiger partial charge on any atom is 0.306 e. The zero-order chi connectivity index (χ0) is 17.3. The summed E-state index contributed by atoms with van der Waals surface area (Å²) in [5.74, 6) is -0.827. The van der Waals surface area contributed by atoms with E-state index in [1.807, 2.05) is 26.0 Å². The number of rotatable bonds is 9. The van der Waals surface area contributed by atoms with Crippen molar-refractivity contribution in [2.75, 3.05) is 13.7 Å². The molecule has 0 aliphatic carbocycles.